The monoisotopic (exact) mass is 1460 g/mol. The van der Waals surface area contributed by atoms with E-state index in [9.17, 15) is 55.3 Å². The van der Waals surface area contributed by atoms with Crippen molar-refractivity contribution >= 4 is 92.2 Å². The summed E-state index contributed by atoms with van der Waals surface area (Å²) in [6, 6.07) is 9.46. The maximum atomic E-state index is 12.5. The van der Waals surface area contributed by atoms with Gasteiger partial charge >= 0.3 is 5.97 Å². The van der Waals surface area contributed by atoms with Gasteiger partial charge in [0.1, 0.15) is 24.1 Å². The number of nitrogens with zero attached hydrogens (tertiary/aromatic N) is 15. The van der Waals surface area contributed by atoms with E-state index in [2.05, 4.69) is 90.3 Å². The number of benzene rings is 3. The summed E-state index contributed by atoms with van der Waals surface area (Å²) in [6.45, 7) is 28.7. The lowest BCUT2D eigenvalue weighted by Crippen LogP contribution is -2.42. The molecule has 12 rings (SSSR count). The number of sulfone groups is 3. The van der Waals surface area contributed by atoms with Crippen LogP contribution in [0.2, 0.25) is 0 Å². The molecule has 9 aromatic rings. The molecule has 3 aliphatic heterocycles. The molecule has 0 amide bonds. The average molecular weight is 1460 g/mol. The van der Waals surface area contributed by atoms with Crippen molar-refractivity contribution in [1.29, 1.82) is 0 Å². The van der Waals surface area contributed by atoms with Crippen LogP contribution in [-0.2, 0) is 84.1 Å². The molecule has 0 saturated carbocycles. The summed E-state index contributed by atoms with van der Waals surface area (Å²) in [5, 5.41) is 39.7. The highest BCUT2D eigenvalue weighted by Gasteiger charge is 2.39. The van der Waals surface area contributed by atoms with Crippen LogP contribution in [0.5, 0.6) is 0 Å². The van der Waals surface area contributed by atoms with E-state index in [1.165, 1.54) is 13.8 Å². The summed E-state index contributed by atoms with van der Waals surface area (Å²) in [5.41, 5.74) is 8.14. The minimum atomic E-state index is -3.57. The molecule has 4 atom stereocenters. The third kappa shape index (κ3) is 15.7. The van der Waals surface area contributed by atoms with E-state index in [1.807, 2.05) is 18.4 Å². The number of carbonyl (C=O) groups excluding carboxylic acids is 2. The third-order valence-electron chi connectivity index (χ3n) is 18.4. The van der Waals surface area contributed by atoms with Gasteiger partial charge in [-0.15, -0.1) is 0 Å². The number of carbonyl (C=O) groups is 2. The van der Waals surface area contributed by atoms with Crippen LogP contribution in [-0.4, -0.2) is 154 Å². The minimum Gasteiger partial charge on any atom is -0.461 e. The lowest BCUT2D eigenvalue weighted by atomic mass is 9.98. The van der Waals surface area contributed by atoms with Crippen LogP contribution in [0, 0.1) is 38.5 Å². The van der Waals surface area contributed by atoms with Gasteiger partial charge in [-0.2, -0.15) is 0 Å². The molecular weight excluding hydrogens is 1370 g/mol. The first-order valence-corrected chi connectivity index (χ1v) is 38.7. The molecule has 3 aromatic carbocycles. The highest BCUT2D eigenvalue weighted by Crippen LogP contribution is 2.42. The summed E-state index contributed by atoms with van der Waals surface area (Å²) in [4.78, 5) is 72.0. The fraction of sp³-hybridized carbons (Fsp3) is 0.507. The highest BCUT2D eigenvalue weighted by molar-refractivity contribution is 7.91. The second kappa shape index (κ2) is 30.1. The molecule has 0 radical (unpaired) electrons. The van der Waals surface area contributed by atoms with Crippen LogP contribution in [0.15, 0.2) is 69.7 Å². The topological polar surface area (TPSA) is 367 Å². The first kappa shape index (κ1) is 79.2. The molecule has 6 aromatic heterocycles. The second-order valence-corrected chi connectivity index (χ2v) is 33.6. The van der Waals surface area contributed by atoms with Crippen molar-refractivity contribution in [2.75, 3.05) is 53.1 Å². The standard InChI is InChI=1S/C24H29N5O5S.C23H31N5O4S.C22H29N5O4S.2CH4/c1-13(2)22-23-27-19-9-17(12-34-16(5)31)21(35(6,32)33)10-20(19)28(23)7-8-29(22)24-25-11-18(15(4)30)14(3)26-24;1-13(2)20-21-26-17-9-15(12-29)19(33(6,31)32)10-18(17)27(21)7-8-28(20)22-24-11-16(14(3)25-22)23(4,5)30;1-12(2)20-21-25-17-8-15(11-28)19(32(5,30)31)9-18(17)26(21)6-7-27(20)22-23-10-16(14(4)29)13(3)24-22;;/h9-11,13,22H,7-8,12H2,1-6H3;9-11,13,20,29-30H,7-8,12H2,1-6H3;8-10,12,14,20,28-29H,6-7,11H2,1-5H3;2*1H4/t22-;20-;14?,20-;;/m110../s1. The Bertz CT molecular complexity index is 5040. The van der Waals surface area contributed by atoms with Crippen LogP contribution in [0.4, 0.5) is 17.8 Å². The summed E-state index contributed by atoms with van der Waals surface area (Å²) in [6.07, 6.45) is 7.71. The number of aliphatic hydroxyl groups is 4. The first-order valence-electron chi connectivity index (χ1n) is 33.0. The SMILES string of the molecule is C.C.CC(=O)OCc1cc2nc3n(c2cc1S(C)(=O)=O)CCN(c1ncc(C(C)=O)c(C)n1)[C@@H]3C(C)C.Cc1nc(N2CCn3c(nc4cc(CO)c(S(C)(=O)=O)cc43)[C@@H]2C(C)C)ncc1C(C)O.Cc1nc(N2CCn3c(nc4cc(CO)c(S(C)(=O)=O)cc43)[C@H]2C(C)C)ncc1C(C)(C)O. The van der Waals surface area contributed by atoms with Crippen molar-refractivity contribution in [2.45, 2.75) is 196 Å². The van der Waals surface area contributed by atoms with E-state index in [-0.39, 0.29) is 91.0 Å². The molecule has 1 unspecified atom stereocenters. The van der Waals surface area contributed by atoms with Crippen LogP contribution in [0.3, 0.4) is 0 Å². The van der Waals surface area contributed by atoms with Crippen LogP contribution >= 0.6 is 0 Å². The maximum absolute atomic E-state index is 12.5. The molecule has 102 heavy (non-hydrogen) atoms. The van der Waals surface area contributed by atoms with E-state index in [0.717, 1.165) is 58.7 Å². The van der Waals surface area contributed by atoms with Gasteiger partial charge in [0.2, 0.25) is 17.8 Å². The molecule has 0 fully saturated rings. The number of esters is 1. The van der Waals surface area contributed by atoms with Gasteiger partial charge in [-0.05, 0) is 114 Å². The van der Waals surface area contributed by atoms with E-state index in [0.29, 0.717) is 118 Å². The molecule has 0 bridgehead atoms. The van der Waals surface area contributed by atoms with Gasteiger partial charge in [-0.1, -0.05) is 56.4 Å². The summed E-state index contributed by atoms with van der Waals surface area (Å²) >= 11 is 0. The number of ketones is 1. The Morgan fingerprint density at radius 2 is 0.863 bits per heavy atom. The Morgan fingerprint density at radius 1 is 0.520 bits per heavy atom. The van der Waals surface area contributed by atoms with Gasteiger partial charge in [0.05, 0.1) is 102 Å². The predicted molar refractivity (Wildman–Crippen MR) is 390 cm³/mol. The highest BCUT2D eigenvalue weighted by atomic mass is 32.2. The zero-order valence-electron chi connectivity index (χ0n) is 59.5. The third-order valence-corrected chi connectivity index (χ3v) is 22.0. The molecule has 0 saturated heterocycles. The van der Waals surface area contributed by atoms with Gasteiger partial charge in [-0.25, -0.2) is 70.1 Å². The number of imidazole rings is 3. The van der Waals surface area contributed by atoms with Crippen molar-refractivity contribution in [3.05, 3.63) is 123 Å². The average Bonchev–Trinajstić information content (AvgIpc) is 1.59. The Labute approximate surface area is 597 Å². The number of rotatable bonds is 16. The Kier molecular flexibility index (Phi) is 23.4. The van der Waals surface area contributed by atoms with Crippen LogP contribution in [0.25, 0.3) is 33.1 Å². The number of hydrogen-bond acceptors (Lipinski definition) is 25. The zero-order chi connectivity index (χ0) is 73.3. The van der Waals surface area contributed by atoms with Gasteiger partial charge in [0.25, 0.3) is 0 Å². The molecule has 4 N–H and O–H groups in total. The lowest BCUT2D eigenvalue weighted by molar-refractivity contribution is -0.142. The summed E-state index contributed by atoms with van der Waals surface area (Å²) < 4.78 is 85.5. The smallest absolute Gasteiger partial charge is 0.302 e. The number of aliphatic hydroxyl groups excluding tert-OH is 3. The molecular formula is C71H97N15O13S3. The second-order valence-electron chi connectivity index (χ2n) is 27.6. The fourth-order valence-electron chi connectivity index (χ4n) is 13.8. The fourth-order valence-corrected chi connectivity index (χ4v) is 16.6. The van der Waals surface area contributed by atoms with E-state index in [4.69, 9.17) is 24.7 Å². The number of anilines is 3. The van der Waals surface area contributed by atoms with Gasteiger partial charge in [0.15, 0.2) is 35.3 Å². The number of fused-ring (bicyclic) bond motifs is 9. The van der Waals surface area contributed by atoms with Crippen LogP contribution in [0.1, 0.15) is 188 Å². The number of ether oxygens (including phenoxy) is 1. The number of Topliss-reactive ketones (excluding diaryl/α,β-unsaturated/α-hetero) is 1. The number of aromatic nitrogens is 12. The molecule has 0 spiro atoms. The van der Waals surface area contributed by atoms with Crippen molar-refractivity contribution in [2.24, 2.45) is 17.8 Å². The molecule has 3 aliphatic rings. The van der Waals surface area contributed by atoms with Crippen molar-refractivity contribution in [3.63, 3.8) is 0 Å². The largest absolute Gasteiger partial charge is 0.461 e. The number of aryl methyl sites for hydroxylation is 3. The van der Waals surface area contributed by atoms with Gasteiger partial charge < -0.3 is 53.6 Å². The zero-order valence-corrected chi connectivity index (χ0v) is 61.9. The van der Waals surface area contributed by atoms with Gasteiger partial charge in [0, 0.05) is 112 Å². The van der Waals surface area contributed by atoms with Crippen LogP contribution < -0.4 is 14.7 Å². The minimum absolute atomic E-state index is 0. The van der Waals surface area contributed by atoms with Crippen molar-refractivity contribution < 1.29 is 60.0 Å². The normalized spacial score (nSPS) is 16.6. The number of hydrogen-bond donors (Lipinski definition) is 4. The van der Waals surface area contributed by atoms with E-state index < -0.39 is 47.2 Å². The Hall–Kier alpha value is -8.46. The predicted octanol–water partition coefficient (Wildman–Crippen LogP) is 9.07. The van der Waals surface area contributed by atoms with Crippen molar-refractivity contribution in [1.82, 2.24) is 58.6 Å². The summed E-state index contributed by atoms with van der Waals surface area (Å²) in [7, 11) is -10.6. The van der Waals surface area contributed by atoms with Gasteiger partial charge in [-0.3, -0.25) is 9.59 Å². The lowest BCUT2D eigenvalue weighted by Gasteiger charge is -2.38. The molecule has 552 valence electrons. The summed E-state index contributed by atoms with van der Waals surface area (Å²) in [5.74, 6) is 4.00. The van der Waals surface area contributed by atoms with E-state index >= 15 is 0 Å². The molecule has 9 heterocycles. The molecule has 0 aliphatic carbocycles. The maximum Gasteiger partial charge on any atom is 0.302 e. The van der Waals surface area contributed by atoms with Crippen molar-refractivity contribution in [3.8, 4) is 0 Å². The first-order chi connectivity index (χ1) is 46.7. The van der Waals surface area contributed by atoms with E-state index in [1.54, 1.807) is 82.7 Å². The quantitative estimate of drug-likeness (QED) is 0.0517. The molecule has 31 heteroatoms. The Balaban J connectivity index is 0.000000192. The molecule has 28 nitrogen and oxygen atoms in total. The Morgan fingerprint density at radius 3 is 1.17 bits per heavy atom.